The standard InChI is InChI=1S/C16H14ClN3OS/c17-12-6-2-1-5-11(12)9-18-15(21)10-22-16-19-13-7-3-4-8-14(13)20-16/h1-8H,9-10H2,(H,18,21)(H,19,20). The van der Waals surface area contributed by atoms with Crippen LogP contribution < -0.4 is 5.32 Å². The Bertz CT molecular complexity index is 770. The van der Waals surface area contributed by atoms with E-state index in [1.165, 1.54) is 11.8 Å². The van der Waals surface area contributed by atoms with Crippen molar-refractivity contribution >= 4 is 40.3 Å². The number of halogens is 1. The predicted molar refractivity (Wildman–Crippen MR) is 90.1 cm³/mol. The van der Waals surface area contributed by atoms with Gasteiger partial charge in [0.2, 0.25) is 5.91 Å². The summed E-state index contributed by atoms with van der Waals surface area (Å²) in [6, 6.07) is 15.3. The van der Waals surface area contributed by atoms with Crippen molar-refractivity contribution in [1.29, 1.82) is 0 Å². The van der Waals surface area contributed by atoms with Crippen molar-refractivity contribution in [3.8, 4) is 0 Å². The molecule has 6 heteroatoms. The first-order valence-corrected chi connectivity index (χ1v) is 8.16. The molecule has 0 fully saturated rings. The Balaban J connectivity index is 1.53. The molecule has 0 saturated heterocycles. The second kappa shape index (κ2) is 6.85. The van der Waals surface area contributed by atoms with Crippen molar-refractivity contribution in [1.82, 2.24) is 15.3 Å². The first-order valence-electron chi connectivity index (χ1n) is 6.80. The summed E-state index contributed by atoms with van der Waals surface area (Å²) in [6.07, 6.45) is 0. The van der Waals surface area contributed by atoms with Crippen LogP contribution in [0.1, 0.15) is 5.56 Å². The van der Waals surface area contributed by atoms with Gasteiger partial charge in [0.15, 0.2) is 5.16 Å². The summed E-state index contributed by atoms with van der Waals surface area (Å²) in [4.78, 5) is 19.5. The van der Waals surface area contributed by atoms with E-state index in [0.29, 0.717) is 17.3 Å². The molecule has 0 saturated carbocycles. The van der Waals surface area contributed by atoms with E-state index in [0.717, 1.165) is 21.8 Å². The van der Waals surface area contributed by atoms with Crippen LogP contribution in [0.2, 0.25) is 5.02 Å². The Hall–Kier alpha value is -1.98. The Kier molecular flexibility index (Phi) is 4.65. The van der Waals surface area contributed by atoms with E-state index >= 15 is 0 Å². The van der Waals surface area contributed by atoms with Crippen molar-refractivity contribution in [2.45, 2.75) is 11.7 Å². The fourth-order valence-corrected chi connectivity index (χ4v) is 2.94. The van der Waals surface area contributed by atoms with Crippen molar-refractivity contribution in [2.75, 3.05) is 5.75 Å². The minimum Gasteiger partial charge on any atom is -0.351 e. The summed E-state index contributed by atoms with van der Waals surface area (Å²) >= 11 is 7.44. The summed E-state index contributed by atoms with van der Waals surface area (Å²) in [5.74, 6) is 0.259. The molecule has 3 rings (SSSR count). The SMILES string of the molecule is O=C(CSc1nc2ccccc2[nH]1)NCc1ccccc1Cl. The molecule has 2 aromatic carbocycles. The van der Waals surface area contributed by atoms with E-state index < -0.39 is 0 Å². The monoisotopic (exact) mass is 331 g/mol. The number of carbonyl (C=O) groups excluding carboxylic acids is 1. The van der Waals surface area contributed by atoms with Crippen LogP contribution in [-0.2, 0) is 11.3 Å². The zero-order chi connectivity index (χ0) is 15.4. The number of hydrogen-bond donors (Lipinski definition) is 2. The topological polar surface area (TPSA) is 57.8 Å². The summed E-state index contributed by atoms with van der Waals surface area (Å²) < 4.78 is 0. The molecule has 0 bridgehead atoms. The van der Waals surface area contributed by atoms with Gasteiger partial charge in [0.05, 0.1) is 16.8 Å². The molecule has 1 aromatic heterocycles. The lowest BCUT2D eigenvalue weighted by Gasteiger charge is -2.06. The van der Waals surface area contributed by atoms with Gasteiger partial charge in [0, 0.05) is 11.6 Å². The third-order valence-corrected chi connectivity index (χ3v) is 4.38. The smallest absolute Gasteiger partial charge is 0.230 e. The molecule has 0 radical (unpaired) electrons. The molecule has 4 nitrogen and oxygen atoms in total. The van der Waals surface area contributed by atoms with Gasteiger partial charge in [-0.25, -0.2) is 4.98 Å². The molecule has 0 aliphatic rings. The molecule has 0 aliphatic heterocycles. The van der Waals surface area contributed by atoms with E-state index in [9.17, 15) is 4.79 Å². The number of benzene rings is 2. The van der Waals surface area contributed by atoms with Crippen LogP contribution in [0, 0.1) is 0 Å². The highest BCUT2D eigenvalue weighted by Crippen LogP contribution is 2.19. The normalized spacial score (nSPS) is 10.8. The number of aromatic amines is 1. The van der Waals surface area contributed by atoms with Gasteiger partial charge < -0.3 is 10.3 Å². The minimum atomic E-state index is -0.0506. The number of thioether (sulfide) groups is 1. The van der Waals surface area contributed by atoms with Gasteiger partial charge in [0.1, 0.15) is 0 Å². The first-order chi connectivity index (χ1) is 10.7. The molecule has 0 spiro atoms. The lowest BCUT2D eigenvalue weighted by Crippen LogP contribution is -2.24. The summed E-state index contributed by atoms with van der Waals surface area (Å²) in [5.41, 5.74) is 2.79. The number of fused-ring (bicyclic) bond motifs is 1. The van der Waals surface area contributed by atoms with E-state index in [-0.39, 0.29) is 5.91 Å². The van der Waals surface area contributed by atoms with Crippen molar-refractivity contribution in [3.05, 3.63) is 59.1 Å². The third kappa shape index (κ3) is 3.61. The number of imidazole rings is 1. The lowest BCUT2D eigenvalue weighted by atomic mass is 10.2. The fourth-order valence-electron chi connectivity index (χ4n) is 2.02. The van der Waals surface area contributed by atoms with Crippen molar-refractivity contribution in [2.24, 2.45) is 0 Å². The number of nitrogens with one attached hydrogen (secondary N) is 2. The number of rotatable bonds is 5. The quantitative estimate of drug-likeness (QED) is 0.702. The highest BCUT2D eigenvalue weighted by atomic mass is 35.5. The van der Waals surface area contributed by atoms with Crippen LogP contribution in [0.5, 0.6) is 0 Å². The first kappa shape index (κ1) is 14.9. The van der Waals surface area contributed by atoms with Gasteiger partial charge in [-0.2, -0.15) is 0 Å². The van der Waals surface area contributed by atoms with Crippen LogP contribution >= 0.6 is 23.4 Å². The van der Waals surface area contributed by atoms with Gasteiger partial charge in [0.25, 0.3) is 0 Å². The maximum atomic E-state index is 11.9. The van der Waals surface area contributed by atoms with Crippen LogP contribution in [-0.4, -0.2) is 21.6 Å². The Morgan fingerprint density at radius 2 is 1.95 bits per heavy atom. The van der Waals surface area contributed by atoms with Crippen molar-refractivity contribution in [3.63, 3.8) is 0 Å². The number of aromatic nitrogens is 2. The summed E-state index contributed by atoms with van der Waals surface area (Å²) in [7, 11) is 0. The number of para-hydroxylation sites is 2. The van der Waals surface area contributed by atoms with E-state index in [2.05, 4.69) is 15.3 Å². The van der Waals surface area contributed by atoms with Gasteiger partial charge in [-0.1, -0.05) is 53.7 Å². The Morgan fingerprint density at radius 3 is 2.77 bits per heavy atom. The van der Waals surface area contributed by atoms with Crippen LogP contribution in [0.15, 0.2) is 53.7 Å². The average molecular weight is 332 g/mol. The van der Waals surface area contributed by atoms with Gasteiger partial charge >= 0.3 is 0 Å². The number of carbonyl (C=O) groups is 1. The average Bonchev–Trinajstić information content (AvgIpc) is 2.95. The molecular formula is C16H14ClN3OS. The molecule has 1 heterocycles. The van der Waals surface area contributed by atoms with E-state index in [4.69, 9.17) is 11.6 Å². The highest BCUT2D eigenvalue weighted by Gasteiger charge is 2.07. The van der Waals surface area contributed by atoms with Crippen LogP contribution in [0.4, 0.5) is 0 Å². The van der Waals surface area contributed by atoms with Gasteiger partial charge in [-0.3, -0.25) is 4.79 Å². The van der Waals surface area contributed by atoms with Gasteiger partial charge in [-0.05, 0) is 23.8 Å². The third-order valence-electron chi connectivity index (χ3n) is 3.14. The molecule has 0 unspecified atom stereocenters. The largest absolute Gasteiger partial charge is 0.351 e. The second-order valence-electron chi connectivity index (χ2n) is 4.72. The maximum Gasteiger partial charge on any atom is 0.230 e. The molecule has 3 aromatic rings. The number of nitrogens with zero attached hydrogens (tertiary/aromatic N) is 1. The number of amides is 1. The Labute approximate surface area is 137 Å². The predicted octanol–water partition coefficient (Wildman–Crippen LogP) is 3.62. The second-order valence-corrected chi connectivity index (χ2v) is 6.09. The minimum absolute atomic E-state index is 0.0506. The fraction of sp³-hybridized carbons (Fsp3) is 0.125. The lowest BCUT2D eigenvalue weighted by molar-refractivity contribution is -0.118. The molecule has 0 atom stereocenters. The zero-order valence-corrected chi connectivity index (χ0v) is 13.2. The van der Waals surface area contributed by atoms with Crippen LogP contribution in [0.3, 0.4) is 0 Å². The van der Waals surface area contributed by atoms with E-state index in [1.54, 1.807) is 0 Å². The number of hydrogen-bond acceptors (Lipinski definition) is 3. The van der Waals surface area contributed by atoms with Crippen LogP contribution in [0.25, 0.3) is 11.0 Å². The zero-order valence-electron chi connectivity index (χ0n) is 11.7. The Morgan fingerprint density at radius 1 is 1.18 bits per heavy atom. The number of H-pyrrole nitrogens is 1. The molecule has 22 heavy (non-hydrogen) atoms. The highest BCUT2D eigenvalue weighted by molar-refractivity contribution is 7.99. The molecule has 2 N–H and O–H groups in total. The molecular weight excluding hydrogens is 318 g/mol. The molecule has 112 valence electrons. The summed E-state index contributed by atoms with van der Waals surface area (Å²) in [6.45, 7) is 0.430. The molecule has 0 aliphatic carbocycles. The van der Waals surface area contributed by atoms with Gasteiger partial charge in [-0.15, -0.1) is 0 Å². The summed E-state index contributed by atoms with van der Waals surface area (Å²) in [5, 5.41) is 4.26. The van der Waals surface area contributed by atoms with Crippen molar-refractivity contribution < 1.29 is 4.79 Å². The maximum absolute atomic E-state index is 11.9. The molecule has 1 amide bonds. The van der Waals surface area contributed by atoms with E-state index in [1.807, 2.05) is 48.5 Å².